The standard InChI is InChI=1S/C14H19N5/c1-10-9-12(14-16-7-8-19(14)2)18-13(17-10)11-3-5-15-6-4-11/h7-9,11,15H,3-6H2,1-2H3. The van der Waals surface area contributed by atoms with Crippen LogP contribution in [0.15, 0.2) is 18.5 Å². The molecule has 19 heavy (non-hydrogen) atoms. The van der Waals surface area contributed by atoms with Gasteiger partial charge in [0.05, 0.1) is 0 Å². The van der Waals surface area contributed by atoms with E-state index in [1.54, 1.807) is 6.20 Å². The molecule has 5 nitrogen and oxygen atoms in total. The van der Waals surface area contributed by atoms with Crippen LogP contribution >= 0.6 is 0 Å². The maximum absolute atomic E-state index is 4.74. The van der Waals surface area contributed by atoms with Crippen LogP contribution in [-0.4, -0.2) is 32.6 Å². The molecule has 2 aromatic heterocycles. The van der Waals surface area contributed by atoms with Crippen molar-refractivity contribution < 1.29 is 0 Å². The number of aryl methyl sites for hydroxylation is 2. The summed E-state index contributed by atoms with van der Waals surface area (Å²) in [6, 6.07) is 2.01. The average molecular weight is 257 g/mol. The van der Waals surface area contributed by atoms with Crippen LogP contribution in [0.5, 0.6) is 0 Å². The van der Waals surface area contributed by atoms with Crippen molar-refractivity contribution in [3.63, 3.8) is 0 Å². The van der Waals surface area contributed by atoms with E-state index in [0.717, 1.165) is 49.0 Å². The highest BCUT2D eigenvalue weighted by Gasteiger charge is 2.19. The third-order valence-electron chi connectivity index (χ3n) is 3.63. The predicted octanol–water partition coefficient (Wildman–Crippen LogP) is 1.65. The molecule has 0 saturated carbocycles. The first-order valence-corrected chi connectivity index (χ1v) is 6.78. The van der Waals surface area contributed by atoms with Crippen LogP contribution in [0.2, 0.25) is 0 Å². The predicted molar refractivity (Wildman–Crippen MR) is 73.8 cm³/mol. The zero-order chi connectivity index (χ0) is 13.2. The average Bonchev–Trinajstić information content (AvgIpc) is 2.85. The summed E-state index contributed by atoms with van der Waals surface area (Å²) in [5.41, 5.74) is 1.94. The van der Waals surface area contributed by atoms with E-state index >= 15 is 0 Å². The second-order valence-electron chi connectivity index (χ2n) is 5.14. The Balaban J connectivity index is 1.98. The third kappa shape index (κ3) is 2.51. The molecule has 1 fully saturated rings. The Morgan fingerprint density at radius 3 is 2.74 bits per heavy atom. The fourth-order valence-electron chi connectivity index (χ4n) is 2.58. The molecular formula is C14H19N5. The highest BCUT2D eigenvalue weighted by molar-refractivity contribution is 5.50. The van der Waals surface area contributed by atoms with Gasteiger partial charge in [-0.05, 0) is 38.9 Å². The molecule has 0 aliphatic carbocycles. The molecule has 0 radical (unpaired) electrons. The SMILES string of the molecule is Cc1cc(-c2nccn2C)nc(C2CCNCC2)n1. The van der Waals surface area contributed by atoms with E-state index in [4.69, 9.17) is 4.98 Å². The van der Waals surface area contributed by atoms with Crippen molar-refractivity contribution in [3.05, 3.63) is 30.0 Å². The van der Waals surface area contributed by atoms with Crippen LogP contribution in [0.4, 0.5) is 0 Å². The molecule has 1 aliphatic heterocycles. The van der Waals surface area contributed by atoms with Crippen molar-refractivity contribution in [3.8, 4) is 11.5 Å². The first-order valence-electron chi connectivity index (χ1n) is 6.78. The largest absolute Gasteiger partial charge is 0.333 e. The summed E-state index contributed by atoms with van der Waals surface area (Å²) in [6.45, 7) is 4.14. The lowest BCUT2D eigenvalue weighted by Gasteiger charge is -2.21. The molecule has 3 heterocycles. The third-order valence-corrected chi connectivity index (χ3v) is 3.63. The number of piperidine rings is 1. The van der Waals surface area contributed by atoms with Gasteiger partial charge in [0.1, 0.15) is 11.5 Å². The molecule has 1 N–H and O–H groups in total. The zero-order valence-electron chi connectivity index (χ0n) is 11.4. The van der Waals surface area contributed by atoms with Crippen molar-refractivity contribution >= 4 is 0 Å². The van der Waals surface area contributed by atoms with Crippen molar-refractivity contribution in [2.24, 2.45) is 7.05 Å². The number of nitrogens with zero attached hydrogens (tertiary/aromatic N) is 4. The molecule has 1 aliphatic rings. The number of hydrogen-bond acceptors (Lipinski definition) is 4. The van der Waals surface area contributed by atoms with Gasteiger partial charge in [-0.3, -0.25) is 0 Å². The molecule has 0 bridgehead atoms. The zero-order valence-corrected chi connectivity index (χ0v) is 11.4. The molecule has 0 atom stereocenters. The minimum Gasteiger partial charge on any atom is -0.333 e. The fraction of sp³-hybridized carbons (Fsp3) is 0.500. The van der Waals surface area contributed by atoms with Gasteiger partial charge >= 0.3 is 0 Å². The van der Waals surface area contributed by atoms with Crippen molar-refractivity contribution in [2.75, 3.05) is 13.1 Å². The summed E-state index contributed by atoms with van der Waals surface area (Å²) in [5, 5.41) is 3.38. The summed E-state index contributed by atoms with van der Waals surface area (Å²) < 4.78 is 1.99. The van der Waals surface area contributed by atoms with Crippen LogP contribution < -0.4 is 5.32 Å². The molecule has 5 heteroatoms. The summed E-state index contributed by atoms with van der Waals surface area (Å²) in [5.74, 6) is 2.35. The van der Waals surface area contributed by atoms with Gasteiger partial charge in [0.2, 0.25) is 0 Å². The molecule has 3 rings (SSSR count). The van der Waals surface area contributed by atoms with Gasteiger partial charge in [-0.15, -0.1) is 0 Å². The Bertz CT molecular complexity index is 569. The molecular weight excluding hydrogens is 238 g/mol. The summed E-state index contributed by atoms with van der Waals surface area (Å²) in [4.78, 5) is 13.7. The van der Waals surface area contributed by atoms with Crippen LogP contribution in [0.25, 0.3) is 11.5 Å². The smallest absolute Gasteiger partial charge is 0.158 e. The first-order chi connectivity index (χ1) is 9.24. The molecule has 0 unspecified atom stereocenters. The van der Waals surface area contributed by atoms with E-state index in [-0.39, 0.29) is 0 Å². The van der Waals surface area contributed by atoms with Gasteiger partial charge in [-0.25, -0.2) is 15.0 Å². The monoisotopic (exact) mass is 257 g/mol. The van der Waals surface area contributed by atoms with Gasteiger partial charge in [-0.2, -0.15) is 0 Å². The van der Waals surface area contributed by atoms with Crippen molar-refractivity contribution in [2.45, 2.75) is 25.7 Å². The number of nitrogens with one attached hydrogen (secondary N) is 1. The van der Waals surface area contributed by atoms with E-state index in [1.165, 1.54) is 0 Å². The quantitative estimate of drug-likeness (QED) is 0.889. The Labute approximate surface area is 113 Å². The van der Waals surface area contributed by atoms with Crippen LogP contribution in [-0.2, 0) is 7.05 Å². The number of aromatic nitrogens is 4. The van der Waals surface area contributed by atoms with Crippen molar-refractivity contribution in [1.29, 1.82) is 0 Å². The molecule has 0 spiro atoms. The summed E-state index contributed by atoms with van der Waals surface area (Å²) in [7, 11) is 1.99. The summed E-state index contributed by atoms with van der Waals surface area (Å²) in [6.07, 6.45) is 5.97. The van der Waals surface area contributed by atoms with Crippen LogP contribution in [0, 0.1) is 6.92 Å². The fourth-order valence-corrected chi connectivity index (χ4v) is 2.58. The second-order valence-corrected chi connectivity index (χ2v) is 5.14. The maximum atomic E-state index is 4.74. The van der Waals surface area contributed by atoms with E-state index in [0.29, 0.717) is 5.92 Å². The first kappa shape index (κ1) is 12.3. The lowest BCUT2D eigenvalue weighted by Crippen LogP contribution is -2.27. The minimum atomic E-state index is 0.472. The Morgan fingerprint density at radius 1 is 1.26 bits per heavy atom. The van der Waals surface area contributed by atoms with Gasteiger partial charge in [-0.1, -0.05) is 0 Å². The summed E-state index contributed by atoms with van der Waals surface area (Å²) >= 11 is 0. The molecule has 2 aromatic rings. The van der Waals surface area contributed by atoms with Gasteiger partial charge in [0, 0.05) is 31.1 Å². The van der Waals surface area contributed by atoms with E-state index in [1.807, 2.05) is 30.8 Å². The van der Waals surface area contributed by atoms with Crippen LogP contribution in [0.3, 0.4) is 0 Å². The Morgan fingerprint density at radius 2 is 2.05 bits per heavy atom. The Hall–Kier alpha value is -1.75. The van der Waals surface area contributed by atoms with Gasteiger partial charge in [0.25, 0.3) is 0 Å². The highest BCUT2D eigenvalue weighted by atomic mass is 15.1. The Kier molecular flexibility index (Phi) is 3.29. The molecule has 0 amide bonds. The highest BCUT2D eigenvalue weighted by Crippen LogP contribution is 2.24. The molecule has 1 saturated heterocycles. The lowest BCUT2D eigenvalue weighted by atomic mass is 9.97. The van der Waals surface area contributed by atoms with Crippen molar-refractivity contribution in [1.82, 2.24) is 24.8 Å². The number of rotatable bonds is 2. The van der Waals surface area contributed by atoms with Gasteiger partial charge in [0.15, 0.2) is 5.82 Å². The maximum Gasteiger partial charge on any atom is 0.158 e. The van der Waals surface area contributed by atoms with E-state index < -0.39 is 0 Å². The normalized spacial score (nSPS) is 16.7. The number of imidazole rings is 1. The van der Waals surface area contributed by atoms with E-state index in [2.05, 4.69) is 15.3 Å². The van der Waals surface area contributed by atoms with E-state index in [9.17, 15) is 0 Å². The van der Waals surface area contributed by atoms with Gasteiger partial charge < -0.3 is 9.88 Å². The lowest BCUT2D eigenvalue weighted by molar-refractivity contribution is 0.444. The molecule has 0 aromatic carbocycles. The van der Waals surface area contributed by atoms with Crippen LogP contribution in [0.1, 0.15) is 30.3 Å². The molecule has 100 valence electrons. The second kappa shape index (κ2) is 5.09. The minimum absolute atomic E-state index is 0.472. The number of hydrogen-bond donors (Lipinski definition) is 1. The topological polar surface area (TPSA) is 55.6 Å².